The van der Waals surface area contributed by atoms with Gasteiger partial charge in [-0.25, -0.2) is 8.42 Å². The molecule has 3 rings (SSSR count). The molecule has 23 heavy (non-hydrogen) atoms. The van der Waals surface area contributed by atoms with E-state index < -0.39 is 10.0 Å². The van der Waals surface area contributed by atoms with E-state index in [0.29, 0.717) is 24.0 Å². The molecule has 2 heterocycles. The molecule has 0 spiro atoms. The van der Waals surface area contributed by atoms with Gasteiger partial charge in [0.05, 0.1) is 12.0 Å². The monoisotopic (exact) mass is 354 g/mol. The van der Waals surface area contributed by atoms with Crippen molar-refractivity contribution >= 4 is 26.5 Å². The van der Waals surface area contributed by atoms with Gasteiger partial charge in [0.25, 0.3) is 0 Å². The van der Waals surface area contributed by atoms with Crippen molar-refractivity contribution in [3.8, 4) is 5.75 Å². The van der Waals surface area contributed by atoms with Gasteiger partial charge in [-0.05, 0) is 37.1 Å². The zero-order valence-corrected chi connectivity index (χ0v) is 14.3. The Balaban J connectivity index is 1.81. The molecule has 0 bridgehead atoms. The number of aromatic nitrogens is 2. The van der Waals surface area contributed by atoms with Crippen LogP contribution in [0.5, 0.6) is 5.75 Å². The maximum Gasteiger partial charge on any atom is 0.243 e. The van der Waals surface area contributed by atoms with Gasteiger partial charge in [0.1, 0.15) is 10.8 Å². The lowest BCUT2D eigenvalue weighted by Crippen LogP contribution is -2.39. The molecule has 124 valence electrons. The largest absolute Gasteiger partial charge is 0.497 e. The molecule has 0 amide bonds. The highest BCUT2D eigenvalue weighted by atomic mass is 32.2. The minimum atomic E-state index is -3.52. The number of hydrogen-bond acceptors (Lipinski definition) is 7. The first-order chi connectivity index (χ1) is 11.0. The molecule has 1 fully saturated rings. The SMILES string of the molecule is COc1ccc(S(=O)(=O)N2CCC[C@H](c3nnc(N)s3)C2)cc1. The lowest BCUT2D eigenvalue weighted by Gasteiger charge is -2.30. The summed E-state index contributed by atoms with van der Waals surface area (Å²) in [6.07, 6.45) is 1.68. The second-order valence-electron chi connectivity index (χ2n) is 5.36. The molecule has 1 aliphatic heterocycles. The van der Waals surface area contributed by atoms with E-state index in [1.54, 1.807) is 31.4 Å². The Bertz CT molecular complexity index is 774. The number of nitrogen functional groups attached to an aromatic ring is 1. The van der Waals surface area contributed by atoms with E-state index in [1.165, 1.54) is 15.6 Å². The molecular weight excluding hydrogens is 336 g/mol. The molecule has 0 radical (unpaired) electrons. The first kappa shape index (κ1) is 16.2. The molecule has 2 aromatic rings. The van der Waals surface area contributed by atoms with Crippen molar-refractivity contribution in [1.82, 2.24) is 14.5 Å². The van der Waals surface area contributed by atoms with Crippen molar-refractivity contribution in [3.63, 3.8) is 0 Å². The number of hydrogen-bond donors (Lipinski definition) is 1. The third-order valence-electron chi connectivity index (χ3n) is 3.89. The summed E-state index contributed by atoms with van der Waals surface area (Å²) in [5.41, 5.74) is 5.63. The summed E-state index contributed by atoms with van der Waals surface area (Å²) in [6, 6.07) is 6.45. The summed E-state index contributed by atoms with van der Waals surface area (Å²) in [4.78, 5) is 0.274. The Morgan fingerprint density at radius 2 is 2.04 bits per heavy atom. The van der Waals surface area contributed by atoms with Gasteiger partial charge in [-0.3, -0.25) is 0 Å². The maximum absolute atomic E-state index is 12.8. The van der Waals surface area contributed by atoms with Crippen molar-refractivity contribution in [3.05, 3.63) is 29.3 Å². The zero-order valence-electron chi connectivity index (χ0n) is 12.7. The van der Waals surface area contributed by atoms with Gasteiger partial charge in [-0.2, -0.15) is 4.31 Å². The first-order valence-corrected chi connectivity index (χ1v) is 9.49. The smallest absolute Gasteiger partial charge is 0.243 e. The molecule has 1 aromatic carbocycles. The van der Waals surface area contributed by atoms with Crippen LogP contribution in [0.4, 0.5) is 5.13 Å². The van der Waals surface area contributed by atoms with Crippen LogP contribution in [0, 0.1) is 0 Å². The fourth-order valence-electron chi connectivity index (χ4n) is 2.67. The van der Waals surface area contributed by atoms with Crippen LogP contribution in [0.3, 0.4) is 0 Å². The van der Waals surface area contributed by atoms with Gasteiger partial charge in [0, 0.05) is 19.0 Å². The highest BCUT2D eigenvalue weighted by molar-refractivity contribution is 7.89. The normalized spacial score (nSPS) is 19.6. The van der Waals surface area contributed by atoms with Crippen LogP contribution in [-0.2, 0) is 10.0 Å². The number of sulfonamides is 1. The van der Waals surface area contributed by atoms with E-state index in [2.05, 4.69) is 10.2 Å². The zero-order chi connectivity index (χ0) is 16.4. The summed E-state index contributed by atoms with van der Waals surface area (Å²) in [5.74, 6) is 0.677. The van der Waals surface area contributed by atoms with Crippen LogP contribution < -0.4 is 10.5 Å². The van der Waals surface area contributed by atoms with Crippen LogP contribution in [0.25, 0.3) is 0 Å². The van der Waals surface area contributed by atoms with Crippen LogP contribution in [0.15, 0.2) is 29.2 Å². The predicted molar refractivity (Wildman–Crippen MR) is 88.0 cm³/mol. The molecule has 0 aliphatic carbocycles. The third kappa shape index (κ3) is 3.31. The summed E-state index contributed by atoms with van der Waals surface area (Å²) in [7, 11) is -1.97. The van der Waals surface area contributed by atoms with E-state index in [-0.39, 0.29) is 10.8 Å². The average molecular weight is 354 g/mol. The fourth-order valence-corrected chi connectivity index (χ4v) is 4.93. The van der Waals surface area contributed by atoms with E-state index in [0.717, 1.165) is 17.8 Å². The van der Waals surface area contributed by atoms with Gasteiger partial charge in [-0.1, -0.05) is 11.3 Å². The van der Waals surface area contributed by atoms with Crippen LogP contribution in [-0.4, -0.2) is 43.1 Å². The number of rotatable bonds is 4. The predicted octanol–water partition coefficient (Wildman–Crippen LogP) is 1.70. The molecule has 0 unspecified atom stereocenters. The number of nitrogens with zero attached hydrogens (tertiary/aromatic N) is 3. The highest BCUT2D eigenvalue weighted by Gasteiger charge is 2.32. The summed E-state index contributed by atoms with van der Waals surface area (Å²) in [5, 5.41) is 9.09. The molecule has 7 nitrogen and oxygen atoms in total. The second kappa shape index (κ2) is 6.42. The molecule has 1 saturated heterocycles. The van der Waals surface area contributed by atoms with E-state index in [4.69, 9.17) is 10.5 Å². The topological polar surface area (TPSA) is 98.4 Å². The van der Waals surface area contributed by atoms with Gasteiger partial charge in [0.15, 0.2) is 0 Å². The molecule has 1 aromatic heterocycles. The average Bonchev–Trinajstić information content (AvgIpc) is 3.01. The quantitative estimate of drug-likeness (QED) is 0.897. The minimum Gasteiger partial charge on any atom is -0.497 e. The van der Waals surface area contributed by atoms with E-state index in [1.807, 2.05) is 0 Å². The van der Waals surface area contributed by atoms with Crippen LogP contribution in [0.1, 0.15) is 23.8 Å². The third-order valence-corrected chi connectivity index (χ3v) is 6.68. The molecule has 9 heteroatoms. The lowest BCUT2D eigenvalue weighted by molar-refractivity contribution is 0.314. The van der Waals surface area contributed by atoms with E-state index in [9.17, 15) is 8.42 Å². The number of benzene rings is 1. The fraction of sp³-hybridized carbons (Fsp3) is 0.429. The molecule has 1 atom stereocenters. The van der Waals surface area contributed by atoms with Gasteiger partial charge in [-0.15, -0.1) is 10.2 Å². The highest BCUT2D eigenvalue weighted by Crippen LogP contribution is 2.32. The molecule has 1 aliphatic rings. The summed E-state index contributed by atoms with van der Waals surface area (Å²) < 4.78 is 32.2. The van der Waals surface area contributed by atoms with Gasteiger partial charge < -0.3 is 10.5 Å². The standard InChI is InChI=1S/C14H18N4O3S2/c1-21-11-4-6-12(7-5-11)23(19,20)18-8-2-3-10(9-18)13-16-17-14(15)22-13/h4-7,10H,2-3,8-9H2,1H3,(H2,15,17)/t10-/m0/s1. The Labute approximate surface area is 139 Å². The Morgan fingerprint density at radius 1 is 1.30 bits per heavy atom. The van der Waals surface area contributed by atoms with Gasteiger partial charge in [0.2, 0.25) is 15.2 Å². The number of methoxy groups -OCH3 is 1. The maximum atomic E-state index is 12.8. The van der Waals surface area contributed by atoms with E-state index >= 15 is 0 Å². The minimum absolute atomic E-state index is 0.0478. The lowest BCUT2D eigenvalue weighted by atomic mass is 10.0. The van der Waals surface area contributed by atoms with Crippen molar-refractivity contribution < 1.29 is 13.2 Å². The second-order valence-corrected chi connectivity index (χ2v) is 8.33. The van der Waals surface area contributed by atoms with Crippen molar-refractivity contribution in [2.75, 3.05) is 25.9 Å². The number of nitrogens with two attached hydrogens (primary N) is 1. The molecule has 2 N–H and O–H groups in total. The number of ether oxygens (including phenoxy) is 1. The molecule has 0 saturated carbocycles. The van der Waals surface area contributed by atoms with Gasteiger partial charge >= 0.3 is 0 Å². The number of piperidine rings is 1. The summed E-state index contributed by atoms with van der Waals surface area (Å²) in [6.45, 7) is 0.919. The Kier molecular flexibility index (Phi) is 4.51. The van der Waals surface area contributed by atoms with Crippen molar-refractivity contribution in [1.29, 1.82) is 0 Å². The Hall–Kier alpha value is -1.71. The van der Waals surface area contributed by atoms with Crippen LogP contribution in [0.2, 0.25) is 0 Å². The molecular formula is C14H18N4O3S2. The first-order valence-electron chi connectivity index (χ1n) is 7.24. The number of anilines is 1. The van der Waals surface area contributed by atoms with Crippen molar-refractivity contribution in [2.45, 2.75) is 23.7 Å². The van der Waals surface area contributed by atoms with Crippen LogP contribution >= 0.6 is 11.3 Å². The van der Waals surface area contributed by atoms with Crippen molar-refractivity contribution in [2.24, 2.45) is 0 Å². The Morgan fingerprint density at radius 3 is 2.65 bits per heavy atom. The summed E-state index contributed by atoms with van der Waals surface area (Å²) >= 11 is 1.33.